The first kappa shape index (κ1) is 57.2. The van der Waals surface area contributed by atoms with E-state index in [2.05, 4.69) is 21.3 Å². The van der Waals surface area contributed by atoms with Crippen molar-refractivity contribution in [2.75, 3.05) is 39.3 Å². The number of amides is 6. The molecule has 1 aromatic carbocycles. The standard InChI is InChI=1S/C31H46N6O8.3C2H4O2.C2H6/c1-21-5-4-6-24(19-21)31(45)35-14-2-3-18-37(20-28(41)42)27(40)13-17-34-25(38)11-15-33-26(39)12-16-36-30(44)23-9-7-22(8-10-23)29(32)43;3*1-2(3)4;1-2/h4-6,19,22-23H,2-3,7-18,20H2,1H3,(H2,32,43)(H,33,39)(H,34,38)(H,35,45)(H,36,44)(H,41,42);3*1H3,(H,3,4);1-2H3. The molecule has 0 bridgehead atoms. The molecule has 10 N–H and O–H groups in total. The van der Waals surface area contributed by atoms with Gasteiger partial charge >= 0.3 is 5.97 Å². The van der Waals surface area contributed by atoms with Crippen LogP contribution in [0.15, 0.2) is 24.3 Å². The van der Waals surface area contributed by atoms with Crippen molar-refractivity contribution < 1.29 is 68.4 Å². The fraction of sp³-hybridized carbons (Fsp3) is 0.590. The zero-order valence-corrected chi connectivity index (χ0v) is 35.0. The van der Waals surface area contributed by atoms with Gasteiger partial charge in [-0.1, -0.05) is 31.5 Å². The molecule has 0 spiro atoms. The number of carbonyl (C=O) groups excluding carboxylic acids is 6. The summed E-state index contributed by atoms with van der Waals surface area (Å²) < 4.78 is 0. The van der Waals surface area contributed by atoms with Crippen LogP contribution in [0.2, 0.25) is 0 Å². The predicted molar refractivity (Wildman–Crippen MR) is 216 cm³/mol. The number of hydrogen-bond donors (Lipinski definition) is 9. The molecule has 1 aliphatic rings. The van der Waals surface area contributed by atoms with Gasteiger partial charge in [-0.2, -0.15) is 0 Å². The highest BCUT2D eigenvalue weighted by atomic mass is 16.4. The van der Waals surface area contributed by atoms with Crippen molar-refractivity contribution in [3.63, 3.8) is 0 Å². The van der Waals surface area contributed by atoms with Gasteiger partial charge in [0.15, 0.2) is 0 Å². The van der Waals surface area contributed by atoms with Crippen molar-refractivity contribution in [1.29, 1.82) is 0 Å². The number of unbranched alkanes of at least 4 members (excludes halogenated alkanes) is 1. The number of carboxylic acid groups (broad SMARTS) is 4. The molecule has 0 aliphatic heterocycles. The maximum Gasteiger partial charge on any atom is 0.323 e. The van der Waals surface area contributed by atoms with Gasteiger partial charge in [-0.05, 0) is 57.6 Å². The molecule has 20 nitrogen and oxygen atoms in total. The van der Waals surface area contributed by atoms with Crippen LogP contribution in [0.5, 0.6) is 0 Å². The van der Waals surface area contributed by atoms with Crippen molar-refractivity contribution in [3.8, 4) is 0 Å². The number of carboxylic acids is 4. The molecule has 20 heteroatoms. The van der Waals surface area contributed by atoms with Gasteiger partial charge in [0.05, 0.1) is 0 Å². The molecule has 0 aromatic heterocycles. The van der Waals surface area contributed by atoms with Crippen LogP contribution in [0.4, 0.5) is 0 Å². The lowest BCUT2D eigenvalue weighted by molar-refractivity contribution is -0.144. The first-order valence-electron chi connectivity index (χ1n) is 19.2. The zero-order chi connectivity index (χ0) is 45.9. The number of nitrogens with two attached hydrogens (primary N) is 1. The van der Waals surface area contributed by atoms with Crippen LogP contribution < -0.4 is 27.0 Å². The Labute approximate surface area is 345 Å². The molecule has 2 rings (SSSR count). The summed E-state index contributed by atoms with van der Waals surface area (Å²) in [6.07, 6.45) is 3.33. The normalized spacial score (nSPS) is 13.4. The highest BCUT2D eigenvalue weighted by Gasteiger charge is 2.28. The van der Waals surface area contributed by atoms with Gasteiger partial charge in [0.1, 0.15) is 6.54 Å². The molecule has 1 fully saturated rings. The summed E-state index contributed by atoms with van der Waals surface area (Å²) in [6, 6.07) is 7.20. The third kappa shape index (κ3) is 36.0. The summed E-state index contributed by atoms with van der Waals surface area (Å²) in [5.41, 5.74) is 6.85. The average Bonchev–Trinajstić information content (AvgIpc) is 3.14. The van der Waals surface area contributed by atoms with E-state index in [-0.39, 0.29) is 86.8 Å². The number of nitrogens with zero attached hydrogens (tertiary/aromatic N) is 1. The van der Waals surface area contributed by atoms with Gasteiger partial charge < -0.3 is 52.3 Å². The lowest BCUT2D eigenvalue weighted by Crippen LogP contribution is -2.39. The van der Waals surface area contributed by atoms with Crippen molar-refractivity contribution in [1.82, 2.24) is 26.2 Å². The largest absolute Gasteiger partial charge is 0.481 e. The number of aryl methyl sites for hydroxylation is 1. The summed E-state index contributed by atoms with van der Waals surface area (Å²) in [7, 11) is 0. The van der Waals surface area contributed by atoms with Gasteiger partial charge in [0.25, 0.3) is 23.8 Å². The molecule has 59 heavy (non-hydrogen) atoms. The Bertz CT molecular complexity index is 1460. The van der Waals surface area contributed by atoms with E-state index in [1.54, 1.807) is 18.2 Å². The van der Waals surface area contributed by atoms with Gasteiger partial charge in [-0.25, -0.2) is 0 Å². The fourth-order valence-electron chi connectivity index (χ4n) is 5.02. The Balaban J connectivity index is -0.00000194. The summed E-state index contributed by atoms with van der Waals surface area (Å²) in [6.45, 7) is 9.50. The number of nitrogens with one attached hydrogen (secondary N) is 4. The van der Waals surface area contributed by atoms with Crippen LogP contribution in [0.25, 0.3) is 0 Å². The molecule has 6 amide bonds. The van der Waals surface area contributed by atoms with E-state index in [4.69, 9.17) is 35.4 Å². The molecule has 0 radical (unpaired) electrons. The minimum absolute atomic E-state index is 0.0114. The van der Waals surface area contributed by atoms with Crippen LogP contribution in [0, 0.1) is 18.8 Å². The minimum Gasteiger partial charge on any atom is -0.481 e. The van der Waals surface area contributed by atoms with E-state index in [0.29, 0.717) is 50.6 Å². The van der Waals surface area contributed by atoms with Crippen LogP contribution >= 0.6 is 0 Å². The predicted octanol–water partition coefficient (Wildman–Crippen LogP) is 1.53. The molecular weight excluding hydrogens is 776 g/mol. The number of hydrogen-bond acceptors (Lipinski definition) is 10. The smallest absolute Gasteiger partial charge is 0.323 e. The van der Waals surface area contributed by atoms with Crippen LogP contribution in [-0.4, -0.2) is 124 Å². The van der Waals surface area contributed by atoms with Crippen LogP contribution in [-0.2, 0) is 43.2 Å². The molecule has 0 saturated heterocycles. The molecule has 1 aliphatic carbocycles. The highest BCUT2D eigenvalue weighted by molar-refractivity contribution is 5.94. The highest BCUT2D eigenvalue weighted by Crippen LogP contribution is 2.28. The second-order valence-corrected chi connectivity index (χ2v) is 12.8. The molecule has 334 valence electrons. The quantitative estimate of drug-likeness (QED) is 0.0893. The minimum atomic E-state index is -1.15. The Morgan fingerprint density at radius 1 is 0.661 bits per heavy atom. The first-order valence-corrected chi connectivity index (χ1v) is 19.2. The number of carbonyl (C=O) groups is 10. The van der Waals surface area contributed by atoms with E-state index in [1.165, 1.54) is 4.90 Å². The third-order valence-electron chi connectivity index (χ3n) is 7.59. The van der Waals surface area contributed by atoms with E-state index in [1.807, 2.05) is 26.8 Å². The van der Waals surface area contributed by atoms with Gasteiger partial charge in [-0.15, -0.1) is 0 Å². The lowest BCUT2D eigenvalue weighted by Gasteiger charge is -2.25. The summed E-state index contributed by atoms with van der Waals surface area (Å²) in [5, 5.41) is 42.2. The maximum atomic E-state index is 12.6. The average molecular weight is 841 g/mol. The molecule has 0 heterocycles. The van der Waals surface area contributed by atoms with E-state index < -0.39 is 36.3 Å². The molecule has 0 unspecified atom stereocenters. The van der Waals surface area contributed by atoms with Gasteiger partial charge in [-0.3, -0.25) is 47.9 Å². The SMILES string of the molecule is CC.CC(=O)O.CC(=O)O.CC(=O)O.Cc1cccc(C(=O)NCCCCN(CC(=O)O)C(=O)CCNC(=O)CCNC(=O)CCNC(=O)C2CCC(C(N)=O)CC2)c1. The monoisotopic (exact) mass is 840 g/mol. The van der Waals surface area contributed by atoms with E-state index >= 15 is 0 Å². The molecule has 1 saturated carbocycles. The van der Waals surface area contributed by atoms with Crippen molar-refractivity contribution in [2.45, 2.75) is 99.3 Å². The Hall–Kier alpha value is -6.08. The molecular formula is C39H64N6O14. The van der Waals surface area contributed by atoms with Crippen LogP contribution in [0.1, 0.15) is 108 Å². The summed E-state index contributed by atoms with van der Waals surface area (Å²) in [5.74, 6) is -5.84. The zero-order valence-electron chi connectivity index (χ0n) is 35.0. The van der Waals surface area contributed by atoms with Crippen molar-refractivity contribution in [2.24, 2.45) is 17.6 Å². The first-order chi connectivity index (χ1) is 27.7. The third-order valence-corrected chi connectivity index (χ3v) is 7.59. The van der Waals surface area contributed by atoms with Crippen LogP contribution in [0.3, 0.4) is 0 Å². The molecule has 1 aromatic rings. The summed E-state index contributed by atoms with van der Waals surface area (Å²) >= 11 is 0. The van der Waals surface area contributed by atoms with E-state index in [0.717, 1.165) is 26.3 Å². The van der Waals surface area contributed by atoms with E-state index in [9.17, 15) is 38.7 Å². The Morgan fingerprint density at radius 2 is 1.12 bits per heavy atom. The number of benzene rings is 1. The Kier molecular flexibility index (Phi) is 34.1. The van der Waals surface area contributed by atoms with Crippen molar-refractivity contribution in [3.05, 3.63) is 35.4 Å². The van der Waals surface area contributed by atoms with Gasteiger partial charge in [0, 0.05) is 90.2 Å². The molecule has 0 atom stereocenters. The fourth-order valence-corrected chi connectivity index (χ4v) is 5.02. The van der Waals surface area contributed by atoms with Gasteiger partial charge in [0.2, 0.25) is 29.5 Å². The topological polar surface area (TPSA) is 329 Å². The lowest BCUT2D eigenvalue weighted by atomic mass is 9.81. The number of aliphatic carboxylic acids is 4. The number of rotatable bonds is 19. The van der Waals surface area contributed by atoms with Crippen molar-refractivity contribution >= 4 is 59.3 Å². The Morgan fingerprint density at radius 3 is 1.58 bits per heavy atom. The second-order valence-electron chi connectivity index (χ2n) is 12.8. The maximum absolute atomic E-state index is 12.6. The second kappa shape index (κ2) is 35.1. The summed E-state index contributed by atoms with van der Waals surface area (Å²) in [4.78, 5) is 112. The number of primary amides is 1.